The number of aromatic nitrogens is 6. The van der Waals surface area contributed by atoms with Crippen LogP contribution in [-0.4, -0.2) is 194 Å². The molecule has 540 valence electrons. The minimum atomic E-state index is -0.251. The van der Waals surface area contributed by atoms with Crippen molar-refractivity contribution in [2.24, 2.45) is 35.5 Å². The highest BCUT2D eigenvalue weighted by Crippen LogP contribution is 2.07. The van der Waals surface area contributed by atoms with Crippen molar-refractivity contribution in [2.45, 2.75) is 247 Å². The summed E-state index contributed by atoms with van der Waals surface area (Å²) in [4.78, 5) is 57.1. The fourth-order valence-electron chi connectivity index (χ4n) is 6.99. The lowest BCUT2D eigenvalue weighted by Crippen LogP contribution is -2.42. The van der Waals surface area contributed by atoms with E-state index in [1.54, 1.807) is 10.9 Å². The zero-order chi connectivity index (χ0) is 70.6. The van der Waals surface area contributed by atoms with Gasteiger partial charge in [-0.05, 0) is 132 Å². The summed E-state index contributed by atoms with van der Waals surface area (Å²) >= 11 is 0. The van der Waals surface area contributed by atoms with Crippen LogP contribution in [0.25, 0.3) is 0 Å². The molecule has 0 aliphatic carbocycles. The third-order valence-corrected chi connectivity index (χ3v) is 12.1. The molecule has 0 unspecified atom stereocenters. The van der Waals surface area contributed by atoms with Gasteiger partial charge < -0.3 is 58.6 Å². The van der Waals surface area contributed by atoms with E-state index in [0.29, 0.717) is 78.4 Å². The average molecular weight is 1310 g/mol. The fraction of sp³-hybridized carbons (Fsp3) is 0.870. The Morgan fingerprint density at radius 1 is 0.413 bits per heavy atom. The molecular weight excluding hydrogens is 1180 g/mol. The highest BCUT2D eigenvalue weighted by Gasteiger charge is 2.17. The molecule has 92 heavy (non-hydrogen) atoms. The van der Waals surface area contributed by atoms with Crippen LogP contribution in [-0.2, 0) is 92.7 Å². The molecule has 0 fully saturated rings. The quantitative estimate of drug-likeness (QED) is 0.0520. The van der Waals surface area contributed by atoms with Crippen molar-refractivity contribution < 1.29 is 66.6 Å². The third-order valence-electron chi connectivity index (χ3n) is 12.1. The lowest BCUT2D eigenvalue weighted by molar-refractivity contribution is -0.127. The highest BCUT2D eigenvalue weighted by atomic mass is 16.6. The van der Waals surface area contributed by atoms with E-state index in [2.05, 4.69) is 98.9 Å². The van der Waals surface area contributed by atoms with Crippen molar-refractivity contribution in [1.29, 1.82) is 0 Å². The first kappa shape index (κ1) is 92.0. The molecule has 3 N–H and O–H groups in total. The van der Waals surface area contributed by atoms with E-state index < -0.39 is 0 Å². The second kappa shape index (κ2) is 56.0. The van der Waals surface area contributed by atoms with Crippen LogP contribution in [0.4, 0.5) is 0 Å². The van der Waals surface area contributed by atoms with Gasteiger partial charge in [-0.15, -0.1) is 10.2 Å². The van der Waals surface area contributed by atoms with Gasteiger partial charge in [0.25, 0.3) is 0 Å². The molecule has 23 heteroatoms. The van der Waals surface area contributed by atoms with E-state index in [4.69, 9.17) is 42.6 Å². The average Bonchev–Trinajstić information content (AvgIpc) is 2.21. The Hall–Kier alpha value is -4.17. The molecule has 0 radical (unpaired) electrons. The van der Waals surface area contributed by atoms with E-state index in [1.165, 1.54) is 23.9 Å². The highest BCUT2D eigenvalue weighted by molar-refractivity contribution is 5.82. The Morgan fingerprint density at radius 2 is 0.728 bits per heavy atom. The van der Waals surface area contributed by atoms with E-state index in [1.807, 2.05) is 103 Å². The number of Topliss-reactive ketones (excluding diaryl/α,β-unsaturated/α-hetero) is 3. The molecule has 0 aliphatic heterocycles. The van der Waals surface area contributed by atoms with Crippen LogP contribution in [0.3, 0.4) is 0 Å². The van der Waals surface area contributed by atoms with Crippen molar-refractivity contribution in [2.75, 3.05) is 112 Å². The molecule has 0 bridgehead atoms. The third kappa shape index (κ3) is 68.7. The van der Waals surface area contributed by atoms with Crippen molar-refractivity contribution in [3.63, 3.8) is 0 Å². The molecule has 0 aliphatic rings. The van der Waals surface area contributed by atoms with Crippen LogP contribution in [0.2, 0.25) is 0 Å². The van der Waals surface area contributed by atoms with E-state index in [9.17, 15) is 24.0 Å². The van der Waals surface area contributed by atoms with Gasteiger partial charge in [0, 0.05) is 73.4 Å². The number of ether oxygens (including phenoxy) is 9. The Balaban J connectivity index is -0.00000109. The number of nitrogens with zero attached hydrogens (tertiary/aromatic N) is 6. The fourth-order valence-corrected chi connectivity index (χ4v) is 6.99. The molecule has 0 atom stereocenters. The Labute approximate surface area is 557 Å². The Bertz CT molecular complexity index is 2010. The lowest BCUT2D eigenvalue weighted by atomic mass is 10.1. The van der Waals surface area contributed by atoms with Gasteiger partial charge in [-0.1, -0.05) is 93.5 Å². The van der Waals surface area contributed by atoms with E-state index >= 15 is 0 Å². The van der Waals surface area contributed by atoms with E-state index in [0.717, 1.165) is 75.5 Å². The maximum Gasteiger partial charge on any atom is 0.242 e. The number of ketones is 3. The second-order valence-corrected chi connectivity index (χ2v) is 28.4. The molecule has 2 aromatic rings. The van der Waals surface area contributed by atoms with Gasteiger partial charge in [0.15, 0.2) is 17.3 Å². The number of amides is 2. The lowest BCUT2D eigenvalue weighted by Gasteiger charge is -2.20. The summed E-state index contributed by atoms with van der Waals surface area (Å²) in [7, 11) is 0. The van der Waals surface area contributed by atoms with Gasteiger partial charge in [-0.2, -0.15) is 0 Å². The van der Waals surface area contributed by atoms with Crippen molar-refractivity contribution in [3.05, 3.63) is 23.8 Å². The van der Waals surface area contributed by atoms with Gasteiger partial charge in [-0.3, -0.25) is 24.0 Å². The zero-order valence-corrected chi connectivity index (χ0v) is 62.2. The number of rotatable bonds is 46. The molecule has 2 amide bonds. The van der Waals surface area contributed by atoms with Crippen LogP contribution in [0.5, 0.6) is 0 Å². The normalized spacial score (nSPS) is 11.8. The number of carbonyl (C=O) groups is 5. The monoisotopic (exact) mass is 1310 g/mol. The summed E-state index contributed by atoms with van der Waals surface area (Å²) in [6.07, 6.45) is 11.5. The predicted octanol–water partition coefficient (Wildman–Crippen LogP) is 10.3. The van der Waals surface area contributed by atoms with Crippen LogP contribution >= 0.6 is 0 Å². The maximum atomic E-state index is 11.8. The van der Waals surface area contributed by atoms with Crippen molar-refractivity contribution >= 4 is 29.2 Å². The number of hydrogen-bond acceptors (Lipinski definition) is 19. The molecule has 23 nitrogen and oxygen atoms in total. The standard InChI is InChI=1S/C17H32N4O3.C14H27N5O.2C13H26O3.C12H24O4/c1-14(2)7-6-8-23-9-10-24-13-15-11-21(20-19-15)12-16(22)18-17(3,4)5;1-13(2,3)15-8-7-11-9-19(18-17-11)10-12(20)16-14(4,5)6;2*1-11(2)6-5-7-15-8-9-16-10-13(14)12(3)4;1-10(2)12(13)9-15-6-5-14-7-8-16-11(3)4/h11,14H,6-10,12-13H2,1-5H3,(H,18,22);9,15H,7-8,10H2,1-6H3,(H,16,20);2*11-12H,5-10H2,1-4H3;10-11H,5-9H2,1-4H3. The number of carbonyl (C=O) groups excluding carboxylic acids is 5. The second-order valence-electron chi connectivity index (χ2n) is 28.4. The maximum absolute atomic E-state index is 11.8. The predicted molar refractivity (Wildman–Crippen MR) is 366 cm³/mol. The minimum Gasteiger partial charge on any atom is -0.379 e. The first-order valence-corrected chi connectivity index (χ1v) is 33.9. The van der Waals surface area contributed by atoms with Gasteiger partial charge in [0.1, 0.15) is 38.6 Å². The summed E-state index contributed by atoms with van der Waals surface area (Å²) in [5.74, 6) is 2.66. The summed E-state index contributed by atoms with van der Waals surface area (Å²) in [5.41, 5.74) is 1.22. The van der Waals surface area contributed by atoms with Gasteiger partial charge in [0.05, 0.1) is 90.7 Å². The van der Waals surface area contributed by atoms with Crippen LogP contribution in [0.1, 0.15) is 209 Å². The molecule has 0 saturated heterocycles. The summed E-state index contributed by atoms with van der Waals surface area (Å²) in [6.45, 7) is 56.6. The summed E-state index contributed by atoms with van der Waals surface area (Å²) < 4.78 is 51.0. The van der Waals surface area contributed by atoms with Crippen LogP contribution in [0, 0.1) is 35.5 Å². The first-order valence-electron chi connectivity index (χ1n) is 33.9. The van der Waals surface area contributed by atoms with Gasteiger partial charge >= 0.3 is 0 Å². The van der Waals surface area contributed by atoms with Crippen LogP contribution < -0.4 is 16.0 Å². The molecule has 0 aromatic carbocycles. The topological polar surface area (TPSA) is 266 Å². The van der Waals surface area contributed by atoms with E-state index in [-0.39, 0.29) is 103 Å². The number of hydrogen-bond donors (Lipinski definition) is 3. The summed E-state index contributed by atoms with van der Waals surface area (Å²) in [5, 5.41) is 25.2. The molecule has 0 spiro atoms. The smallest absolute Gasteiger partial charge is 0.242 e. The summed E-state index contributed by atoms with van der Waals surface area (Å²) in [6, 6.07) is 0. The minimum absolute atomic E-state index is 0.0420. The SMILES string of the molecule is CC(C)(C)NCCc1cn(CC(=O)NC(C)(C)C)nn1.CC(C)CCCOCCOCC(=O)C(C)C.CC(C)CCCOCCOCC(=O)C(C)C.CC(C)CCCOCCOCc1cn(CC(=O)NC(C)(C)C)nn1.CC(C)OCCOCCOCC(=O)C(C)C. The molecule has 2 rings (SSSR count). The Morgan fingerprint density at radius 3 is 1.05 bits per heavy atom. The van der Waals surface area contributed by atoms with Gasteiger partial charge in [-0.25, -0.2) is 9.36 Å². The zero-order valence-electron chi connectivity index (χ0n) is 62.2. The first-order chi connectivity index (χ1) is 42.9. The molecule has 2 heterocycles. The van der Waals surface area contributed by atoms with Crippen molar-refractivity contribution in [3.8, 4) is 0 Å². The molecule has 2 aromatic heterocycles. The van der Waals surface area contributed by atoms with Crippen LogP contribution in [0.15, 0.2) is 12.4 Å². The largest absolute Gasteiger partial charge is 0.379 e. The van der Waals surface area contributed by atoms with Gasteiger partial charge in [0.2, 0.25) is 11.8 Å². The molecule has 0 saturated carbocycles. The van der Waals surface area contributed by atoms with Crippen molar-refractivity contribution in [1.82, 2.24) is 45.9 Å². The Kier molecular flexibility index (Phi) is 56.1. The molecular formula is C69H135N9O14. The number of nitrogens with one attached hydrogen (secondary N) is 3.